The summed E-state index contributed by atoms with van der Waals surface area (Å²) in [5.74, 6) is 0.231. The Kier molecular flexibility index (Phi) is 3.02. The molecule has 3 heterocycles. The Morgan fingerprint density at radius 1 is 1.14 bits per heavy atom. The third kappa shape index (κ3) is 2.11. The number of rotatable bonds is 2. The minimum Gasteiger partial charge on any atom is -0.246 e. The van der Waals surface area contributed by atoms with Crippen LogP contribution < -0.4 is 0 Å². The maximum absolute atomic E-state index is 13.4. The molecule has 1 aromatic carbocycles. The number of aromatic nitrogens is 5. The molecular formula is C14H10FN5S2. The molecule has 0 unspecified atom stereocenters. The SMILES string of the molecule is Cc1nc(C)c(-c2nn3c(-c4cccc(F)c4)nnc3s2)s1. The second-order valence-corrected chi connectivity index (χ2v) is 6.94. The van der Waals surface area contributed by atoms with E-state index in [1.165, 1.54) is 23.5 Å². The van der Waals surface area contributed by atoms with Gasteiger partial charge in [0, 0.05) is 5.56 Å². The molecule has 0 saturated carbocycles. The third-order valence-electron chi connectivity index (χ3n) is 3.17. The summed E-state index contributed by atoms with van der Waals surface area (Å²) in [5, 5.41) is 14.7. The third-order valence-corrected chi connectivity index (χ3v) is 5.30. The molecule has 5 nitrogen and oxygen atoms in total. The van der Waals surface area contributed by atoms with Crippen LogP contribution in [0.15, 0.2) is 24.3 Å². The van der Waals surface area contributed by atoms with E-state index in [0.29, 0.717) is 16.3 Å². The number of thiazole rings is 1. The van der Waals surface area contributed by atoms with E-state index in [2.05, 4.69) is 20.3 Å². The highest BCUT2D eigenvalue weighted by molar-refractivity contribution is 7.24. The molecule has 0 N–H and O–H groups in total. The highest BCUT2D eigenvalue weighted by Gasteiger charge is 2.17. The van der Waals surface area contributed by atoms with Crippen LogP contribution in [0.25, 0.3) is 26.2 Å². The summed E-state index contributed by atoms with van der Waals surface area (Å²) >= 11 is 3.06. The van der Waals surface area contributed by atoms with Crippen LogP contribution in [0.4, 0.5) is 4.39 Å². The smallest absolute Gasteiger partial charge is 0.235 e. The Morgan fingerprint density at radius 2 is 2.00 bits per heavy atom. The van der Waals surface area contributed by atoms with E-state index in [-0.39, 0.29) is 5.82 Å². The Bertz CT molecular complexity index is 984. The van der Waals surface area contributed by atoms with Crippen LogP contribution >= 0.6 is 22.7 Å². The first kappa shape index (κ1) is 13.5. The van der Waals surface area contributed by atoms with Crippen molar-refractivity contribution in [3.05, 3.63) is 40.8 Å². The average molecular weight is 331 g/mol. The van der Waals surface area contributed by atoms with Gasteiger partial charge in [-0.2, -0.15) is 9.61 Å². The van der Waals surface area contributed by atoms with E-state index >= 15 is 0 Å². The minimum atomic E-state index is -0.307. The molecule has 110 valence electrons. The van der Waals surface area contributed by atoms with Crippen molar-refractivity contribution in [2.24, 2.45) is 0 Å². The molecule has 4 aromatic rings. The molecule has 0 saturated heterocycles. The van der Waals surface area contributed by atoms with Crippen molar-refractivity contribution in [3.63, 3.8) is 0 Å². The van der Waals surface area contributed by atoms with Gasteiger partial charge < -0.3 is 0 Å². The summed E-state index contributed by atoms with van der Waals surface area (Å²) in [6.45, 7) is 3.94. The number of halogens is 1. The molecule has 0 aliphatic carbocycles. The Morgan fingerprint density at radius 3 is 2.73 bits per heavy atom. The molecule has 0 aliphatic rings. The van der Waals surface area contributed by atoms with E-state index in [0.717, 1.165) is 20.6 Å². The van der Waals surface area contributed by atoms with Gasteiger partial charge in [0.2, 0.25) is 4.96 Å². The lowest BCUT2D eigenvalue weighted by Gasteiger charge is -1.96. The molecule has 22 heavy (non-hydrogen) atoms. The average Bonchev–Trinajstić information content (AvgIpc) is 3.12. The standard InChI is InChI=1S/C14H10FN5S2/c1-7-11(21-8(2)16-7)13-19-20-12(17-18-14(20)22-13)9-4-3-5-10(15)6-9/h3-6H,1-2H3. The highest BCUT2D eigenvalue weighted by atomic mass is 32.1. The van der Waals surface area contributed by atoms with Crippen molar-refractivity contribution in [1.29, 1.82) is 0 Å². The number of aryl methyl sites for hydroxylation is 2. The summed E-state index contributed by atoms with van der Waals surface area (Å²) < 4.78 is 15.1. The van der Waals surface area contributed by atoms with Gasteiger partial charge >= 0.3 is 0 Å². The molecule has 8 heteroatoms. The normalized spacial score (nSPS) is 11.4. The summed E-state index contributed by atoms with van der Waals surface area (Å²) in [6, 6.07) is 6.27. The molecule has 0 atom stereocenters. The summed E-state index contributed by atoms with van der Waals surface area (Å²) in [7, 11) is 0. The number of benzene rings is 1. The number of hydrogen-bond donors (Lipinski definition) is 0. The predicted octanol–water partition coefficient (Wildman–Crippen LogP) is 3.73. The van der Waals surface area contributed by atoms with Crippen molar-refractivity contribution in [3.8, 4) is 21.3 Å². The number of fused-ring (bicyclic) bond motifs is 1. The first-order chi connectivity index (χ1) is 10.6. The monoisotopic (exact) mass is 331 g/mol. The van der Waals surface area contributed by atoms with Crippen molar-refractivity contribution >= 4 is 27.6 Å². The molecule has 0 spiro atoms. The zero-order valence-electron chi connectivity index (χ0n) is 11.7. The summed E-state index contributed by atoms with van der Waals surface area (Å²) in [4.78, 5) is 6.14. The molecular weight excluding hydrogens is 321 g/mol. The van der Waals surface area contributed by atoms with Gasteiger partial charge in [-0.3, -0.25) is 0 Å². The molecule has 0 amide bonds. The fourth-order valence-corrected chi connectivity index (χ4v) is 4.13. The van der Waals surface area contributed by atoms with Gasteiger partial charge in [-0.1, -0.05) is 23.5 Å². The van der Waals surface area contributed by atoms with Gasteiger partial charge in [0.25, 0.3) is 0 Å². The second-order valence-electron chi connectivity index (χ2n) is 4.78. The molecule has 4 rings (SSSR count). The predicted molar refractivity (Wildman–Crippen MR) is 84.6 cm³/mol. The lowest BCUT2D eigenvalue weighted by atomic mass is 10.2. The molecule has 0 bridgehead atoms. The van der Waals surface area contributed by atoms with Gasteiger partial charge in [0.05, 0.1) is 15.6 Å². The number of hydrogen-bond acceptors (Lipinski definition) is 6. The van der Waals surface area contributed by atoms with Crippen molar-refractivity contribution < 1.29 is 4.39 Å². The largest absolute Gasteiger partial charge is 0.246 e. The van der Waals surface area contributed by atoms with Crippen molar-refractivity contribution in [1.82, 2.24) is 24.8 Å². The van der Waals surface area contributed by atoms with E-state index < -0.39 is 0 Å². The summed E-state index contributed by atoms with van der Waals surface area (Å²) in [6.07, 6.45) is 0. The van der Waals surface area contributed by atoms with Crippen LogP contribution in [0, 0.1) is 19.7 Å². The second kappa shape index (κ2) is 4.92. The molecule has 3 aromatic heterocycles. The maximum atomic E-state index is 13.4. The topological polar surface area (TPSA) is 56.0 Å². The first-order valence-electron chi connectivity index (χ1n) is 6.54. The van der Waals surface area contributed by atoms with Crippen molar-refractivity contribution in [2.45, 2.75) is 13.8 Å². The Hall–Kier alpha value is -2.19. The van der Waals surface area contributed by atoms with Gasteiger partial charge in [-0.15, -0.1) is 21.5 Å². The van der Waals surface area contributed by atoms with E-state index in [4.69, 9.17) is 0 Å². The quantitative estimate of drug-likeness (QED) is 0.561. The first-order valence-corrected chi connectivity index (χ1v) is 8.18. The fourth-order valence-electron chi connectivity index (χ4n) is 2.25. The molecule has 0 radical (unpaired) electrons. The van der Waals surface area contributed by atoms with Crippen LogP contribution in [0.2, 0.25) is 0 Å². The van der Waals surface area contributed by atoms with E-state index in [1.54, 1.807) is 28.0 Å². The zero-order valence-corrected chi connectivity index (χ0v) is 13.4. The summed E-state index contributed by atoms with van der Waals surface area (Å²) in [5.41, 5.74) is 1.61. The van der Waals surface area contributed by atoms with E-state index in [9.17, 15) is 4.39 Å². The fraction of sp³-hybridized carbons (Fsp3) is 0.143. The van der Waals surface area contributed by atoms with Crippen LogP contribution in [0.1, 0.15) is 10.7 Å². The lowest BCUT2D eigenvalue weighted by molar-refractivity contribution is 0.628. The van der Waals surface area contributed by atoms with Gasteiger partial charge in [-0.05, 0) is 26.0 Å². The van der Waals surface area contributed by atoms with Gasteiger partial charge in [0.15, 0.2) is 10.8 Å². The lowest BCUT2D eigenvalue weighted by Crippen LogP contribution is -1.91. The number of nitrogens with zero attached hydrogens (tertiary/aromatic N) is 5. The Labute approximate surface area is 133 Å². The van der Waals surface area contributed by atoms with Crippen LogP contribution in [0.5, 0.6) is 0 Å². The van der Waals surface area contributed by atoms with Gasteiger partial charge in [0.1, 0.15) is 5.82 Å². The molecule has 0 aliphatic heterocycles. The Balaban J connectivity index is 1.88. The van der Waals surface area contributed by atoms with Crippen LogP contribution in [-0.4, -0.2) is 24.8 Å². The maximum Gasteiger partial charge on any atom is 0.235 e. The van der Waals surface area contributed by atoms with Crippen LogP contribution in [0.3, 0.4) is 0 Å². The van der Waals surface area contributed by atoms with E-state index in [1.807, 2.05) is 13.8 Å². The van der Waals surface area contributed by atoms with Gasteiger partial charge in [-0.25, -0.2) is 9.37 Å². The molecule has 0 fully saturated rings. The van der Waals surface area contributed by atoms with Crippen LogP contribution in [-0.2, 0) is 0 Å². The zero-order chi connectivity index (χ0) is 15.3. The highest BCUT2D eigenvalue weighted by Crippen LogP contribution is 2.33. The minimum absolute atomic E-state index is 0.307. The van der Waals surface area contributed by atoms with Crippen molar-refractivity contribution in [2.75, 3.05) is 0 Å².